The molecule has 1 unspecified atom stereocenters. The van der Waals surface area contributed by atoms with Crippen molar-refractivity contribution >= 4 is 16.9 Å². The van der Waals surface area contributed by atoms with Gasteiger partial charge in [-0.2, -0.15) is 18.3 Å². The van der Waals surface area contributed by atoms with Crippen molar-refractivity contribution in [2.45, 2.75) is 12.5 Å². The molecule has 0 aliphatic heterocycles. The predicted octanol–water partition coefficient (Wildman–Crippen LogP) is 7.61. The molecular weight excluding hydrogens is 534 g/mol. The topological polar surface area (TPSA) is 55.1 Å². The van der Waals surface area contributed by atoms with E-state index in [1.54, 1.807) is 18.2 Å². The Hall–Kier alpha value is -5.04. The van der Waals surface area contributed by atoms with Gasteiger partial charge in [-0.25, -0.2) is 22.6 Å². The Kier molecular flexibility index (Phi) is 6.81. The third-order valence-electron chi connectivity index (χ3n) is 6.08. The standard InChI is InChI=1S/C30H16F6N2O2/c31-24-12-4-9-21(25(24)32)28(33)38-27(22-10-3-11-23(26(22)37-38)30(34,35)36)19-7-1-5-17(15-19)13-14-18-6-2-8-20(16-18)29(39)40/h1-12,15-16,28H,(H,39,40). The normalized spacial score (nSPS) is 12.2. The number of hydrogen-bond donors (Lipinski definition) is 1. The van der Waals surface area contributed by atoms with Crippen LogP contribution in [0.25, 0.3) is 22.2 Å². The third kappa shape index (κ3) is 5.01. The van der Waals surface area contributed by atoms with Gasteiger partial charge in [-0.05, 0) is 42.5 Å². The zero-order valence-electron chi connectivity index (χ0n) is 20.2. The molecule has 0 spiro atoms. The van der Waals surface area contributed by atoms with Gasteiger partial charge < -0.3 is 5.11 Å². The summed E-state index contributed by atoms with van der Waals surface area (Å²) in [6.45, 7) is 0. The second-order valence-electron chi connectivity index (χ2n) is 8.69. The SMILES string of the molecule is O=C(O)c1cccc(C#Cc2cccc(-c3c4cccc(C(F)(F)F)c4nn3C(F)c3cccc(F)c3F)c2)c1. The predicted molar refractivity (Wildman–Crippen MR) is 135 cm³/mol. The first-order chi connectivity index (χ1) is 19.0. The summed E-state index contributed by atoms with van der Waals surface area (Å²) < 4.78 is 86.2. The van der Waals surface area contributed by atoms with Gasteiger partial charge in [0.05, 0.1) is 16.8 Å². The fourth-order valence-electron chi connectivity index (χ4n) is 4.26. The first-order valence-corrected chi connectivity index (χ1v) is 11.7. The average Bonchev–Trinajstić information content (AvgIpc) is 3.32. The molecule has 0 aliphatic carbocycles. The fraction of sp³-hybridized carbons (Fsp3) is 0.0667. The molecule has 200 valence electrons. The monoisotopic (exact) mass is 550 g/mol. The van der Waals surface area contributed by atoms with E-state index in [4.69, 9.17) is 0 Å². The van der Waals surface area contributed by atoms with Gasteiger partial charge in [0.2, 0.25) is 6.30 Å². The van der Waals surface area contributed by atoms with Gasteiger partial charge in [0.15, 0.2) is 11.6 Å². The lowest BCUT2D eigenvalue weighted by molar-refractivity contribution is -0.136. The van der Waals surface area contributed by atoms with Crippen LogP contribution in [0.5, 0.6) is 0 Å². The van der Waals surface area contributed by atoms with Crippen molar-refractivity contribution in [3.05, 3.63) is 124 Å². The van der Waals surface area contributed by atoms with Gasteiger partial charge in [0.25, 0.3) is 0 Å². The second kappa shape index (κ2) is 10.3. The maximum Gasteiger partial charge on any atom is 0.418 e. The molecule has 1 heterocycles. The number of carboxylic acid groups (broad SMARTS) is 1. The highest BCUT2D eigenvalue weighted by Gasteiger charge is 2.35. The number of alkyl halides is 4. The molecular formula is C30H16F6N2O2. The summed E-state index contributed by atoms with van der Waals surface area (Å²) in [7, 11) is 0. The van der Waals surface area contributed by atoms with Crippen LogP contribution in [0.4, 0.5) is 26.3 Å². The smallest absolute Gasteiger partial charge is 0.418 e. The van der Waals surface area contributed by atoms with Crippen LogP contribution in [-0.4, -0.2) is 20.9 Å². The zero-order valence-corrected chi connectivity index (χ0v) is 20.2. The van der Waals surface area contributed by atoms with Crippen molar-refractivity contribution in [2.24, 2.45) is 0 Å². The van der Waals surface area contributed by atoms with E-state index in [-0.39, 0.29) is 22.2 Å². The highest BCUT2D eigenvalue weighted by Crippen LogP contribution is 2.40. The minimum absolute atomic E-state index is 0.0370. The Morgan fingerprint density at radius 3 is 2.23 bits per heavy atom. The molecule has 1 atom stereocenters. The number of hydrogen-bond acceptors (Lipinski definition) is 2. The Bertz CT molecular complexity index is 1830. The molecule has 0 aliphatic rings. The lowest BCUT2D eigenvalue weighted by Gasteiger charge is -2.14. The number of benzene rings is 4. The van der Waals surface area contributed by atoms with E-state index in [9.17, 15) is 31.9 Å². The third-order valence-corrected chi connectivity index (χ3v) is 6.08. The number of aromatic carboxylic acids is 1. The summed E-state index contributed by atoms with van der Waals surface area (Å²) in [6.07, 6.45) is -7.28. The van der Waals surface area contributed by atoms with Crippen LogP contribution in [0.2, 0.25) is 0 Å². The lowest BCUT2D eigenvalue weighted by Crippen LogP contribution is -2.12. The van der Waals surface area contributed by atoms with Crippen molar-refractivity contribution in [1.29, 1.82) is 0 Å². The lowest BCUT2D eigenvalue weighted by atomic mass is 10.0. The van der Waals surface area contributed by atoms with E-state index >= 15 is 4.39 Å². The molecule has 0 saturated carbocycles. The Morgan fingerprint density at radius 1 is 0.875 bits per heavy atom. The van der Waals surface area contributed by atoms with Crippen LogP contribution >= 0.6 is 0 Å². The van der Waals surface area contributed by atoms with Crippen LogP contribution in [0.3, 0.4) is 0 Å². The first kappa shape index (κ1) is 26.6. The van der Waals surface area contributed by atoms with Gasteiger partial charge in [0, 0.05) is 27.6 Å². The number of carboxylic acids is 1. The summed E-state index contributed by atoms with van der Waals surface area (Å²) in [5.41, 5.74) is -1.50. The summed E-state index contributed by atoms with van der Waals surface area (Å²) >= 11 is 0. The summed E-state index contributed by atoms with van der Waals surface area (Å²) in [5, 5.41) is 13.0. The van der Waals surface area contributed by atoms with Crippen LogP contribution < -0.4 is 0 Å². The first-order valence-electron chi connectivity index (χ1n) is 11.7. The molecule has 10 heteroatoms. The van der Waals surface area contributed by atoms with Crippen LogP contribution in [-0.2, 0) is 6.18 Å². The molecule has 1 aromatic heterocycles. The minimum Gasteiger partial charge on any atom is -0.478 e. The molecule has 4 nitrogen and oxygen atoms in total. The van der Waals surface area contributed by atoms with Gasteiger partial charge in [-0.1, -0.05) is 54.3 Å². The molecule has 40 heavy (non-hydrogen) atoms. The van der Waals surface area contributed by atoms with E-state index in [2.05, 4.69) is 16.9 Å². The van der Waals surface area contributed by atoms with E-state index in [0.717, 1.165) is 30.3 Å². The highest BCUT2D eigenvalue weighted by molar-refractivity contribution is 5.95. The van der Waals surface area contributed by atoms with Crippen LogP contribution in [0.15, 0.2) is 84.9 Å². The summed E-state index contributed by atoms with van der Waals surface area (Å²) in [5.74, 6) is 1.74. The molecule has 5 rings (SSSR count). The summed E-state index contributed by atoms with van der Waals surface area (Å²) in [4.78, 5) is 11.2. The van der Waals surface area contributed by atoms with E-state index in [1.807, 2.05) is 0 Å². The fourth-order valence-corrected chi connectivity index (χ4v) is 4.26. The van der Waals surface area contributed by atoms with E-state index < -0.39 is 46.7 Å². The molecule has 4 aromatic carbocycles. The zero-order chi connectivity index (χ0) is 28.6. The van der Waals surface area contributed by atoms with Gasteiger partial charge in [0.1, 0.15) is 5.52 Å². The van der Waals surface area contributed by atoms with E-state index in [0.29, 0.717) is 15.8 Å². The number of fused-ring (bicyclic) bond motifs is 1. The minimum atomic E-state index is -4.82. The Morgan fingerprint density at radius 2 is 1.52 bits per heavy atom. The largest absolute Gasteiger partial charge is 0.478 e. The molecule has 5 aromatic rings. The van der Waals surface area contributed by atoms with Crippen molar-refractivity contribution < 1.29 is 36.2 Å². The van der Waals surface area contributed by atoms with Crippen molar-refractivity contribution in [3.8, 4) is 23.1 Å². The average molecular weight is 550 g/mol. The number of aromatic nitrogens is 2. The molecule has 1 N–H and O–H groups in total. The number of nitrogens with zero attached hydrogens (tertiary/aromatic N) is 2. The van der Waals surface area contributed by atoms with Gasteiger partial charge in [-0.3, -0.25) is 0 Å². The quantitative estimate of drug-likeness (QED) is 0.185. The second-order valence-corrected chi connectivity index (χ2v) is 8.69. The molecule has 0 saturated heterocycles. The summed E-state index contributed by atoms with van der Waals surface area (Å²) in [6, 6.07) is 18.2. The number of halogens is 6. The van der Waals surface area contributed by atoms with E-state index in [1.165, 1.54) is 36.4 Å². The van der Waals surface area contributed by atoms with Gasteiger partial charge in [-0.15, -0.1) is 0 Å². The maximum atomic E-state index is 15.8. The maximum absolute atomic E-state index is 15.8. The number of rotatable bonds is 4. The molecule has 0 amide bonds. The Labute approximate surface area is 223 Å². The number of carbonyl (C=O) groups is 1. The van der Waals surface area contributed by atoms with Gasteiger partial charge >= 0.3 is 12.1 Å². The van der Waals surface area contributed by atoms with Crippen molar-refractivity contribution in [3.63, 3.8) is 0 Å². The van der Waals surface area contributed by atoms with Crippen molar-refractivity contribution in [2.75, 3.05) is 0 Å². The Balaban J connectivity index is 1.69. The molecule has 0 fully saturated rings. The molecule has 0 bridgehead atoms. The molecule has 0 radical (unpaired) electrons. The van der Waals surface area contributed by atoms with Crippen LogP contribution in [0, 0.1) is 23.5 Å². The van der Waals surface area contributed by atoms with Crippen molar-refractivity contribution in [1.82, 2.24) is 9.78 Å². The van der Waals surface area contributed by atoms with Crippen LogP contribution in [0.1, 0.15) is 38.9 Å². The highest BCUT2D eigenvalue weighted by atomic mass is 19.4.